The van der Waals surface area contributed by atoms with Crippen LogP contribution in [0.5, 0.6) is 0 Å². The number of carbonyl (C=O) groups excluding carboxylic acids is 1. The normalized spacial score (nSPS) is 16.0. The van der Waals surface area contributed by atoms with Gasteiger partial charge in [-0.3, -0.25) is 4.79 Å². The second-order valence-corrected chi connectivity index (χ2v) is 6.46. The zero-order chi connectivity index (χ0) is 16.7. The maximum absolute atomic E-state index is 12.8. The summed E-state index contributed by atoms with van der Waals surface area (Å²) >= 11 is 1.99. The van der Waals surface area contributed by atoms with E-state index in [1.54, 1.807) is 18.2 Å². The Bertz CT molecular complexity index is 742. The molecule has 0 saturated heterocycles. The molecule has 0 unspecified atom stereocenters. The van der Waals surface area contributed by atoms with Crippen LogP contribution in [0.4, 0.5) is 19.0 Å². The Hall–Kier alpha value is -1.71. The molecule has 2 aromatic rings. The van der Waals surface area contributed by atoms with Gasteiger partial charge in [-0.15, -0.1) is 10.2 Å². The van der Waals surface area contributed by atoms with Crippen LogP contribution in [0, 0.1) is 3.70 Å². The number of amides is 1. The number of nitrogens with zero attached hydrogens (tertiary/aromatic N) is 2. The third-order valence-electron chi connectivity index (χ3n) is 3.80. The van der Waals surface area contributed by atoms with Gasteiger partial charge in [0.05, 0.1) is 11.0 Å². The highest BCUT2D eigenvalue weighted by atomic mass is 127. The summed E-state index contributed by atoms with van der Waals surface area (Å²) in [5.74, 6) is -0.0685. The lowest BCUT2D eigenvalue weighted by Crippen LogP contribution is -2.28. The molecule has 1 N–H and O–H groups in total. The largest absolute Gasteiger partial charge is 0.416 e. The Morgan fingerprint density at radius 1 is 1.17 bits per heavy atom. The fourth-order valence-electron chi connectivity index (χ4n) is 2.38. The van der Waals surface area contributed by atoms with E-state index in [2.05, 4.69) is 15.5 Å². The molecule has 0 radical (unpaired) electrons. The van der Waals surface area contributed by atoms with Gasteiger partial charge in [-0.2, -0.15) is 13.2 Å². The standard InChI is InChI=1S/C15H11F3IN3O/c16-15(17,18)10-3-1-2-9(8-10)14(6-7-14)13(23)20-12-5-4-11(19)21-22-12/h1-5,8H,6-7H2,(H,20,22,23). The Labute approximate surface area is 143 Å². The minimum absolute atomic E-state index is 0.286. The van der Waals surface area contributed by atoms with E-state index in [0.29, 0.717) is 22.1 Å². The van der Waals surface area contributed by atoms with E-state index in [1.807, 2.05) is 22.6 Å². The van der Waals surface area contributed by atoms with Crippen molar-refractivity contribution in [3.8, 4) is 0 Å². The third-order valence-corrected chi connectivity index (χ3v) is 4.38. The number of hydrogen-bond acceptors (Lipinski definition) is 3. The van der Waals surface area contributed by atoms with Crippen LogP contribution in [-0.2, 0) is 16.4 Å². The number of halogens is 4. The highest BCUT2D eigenvalue weighted by Gasteiger charge is 2.52. The summed E-state index contributed by atoms with van der Waals surface area (Å²) in [5.41, 5.74) is -1.28. The Kier molecular flexibility index (Phi) is 4.03. The van der Waals surface area contributed by atoms with Crippen LogP contribution >= 0.6 is 22.6 Å². The summed E-state index contributed by atoms with van der Waals surface area (Å²) in [6.07, 6.45) is -3.40. The van der Waals surface area contributed by atoms with E-state index in [4.69, 9.17) is 0 Å². The SMILES string of the molecule is O=C(Nc1ccc(I)nn1)C1(c2cccc(C(F)(F)F)c2)CC1. The van der Waals surface area contributed by atoms with Crippen molar-refractivity contribution in [3.63, 3.8) is 0 Å². The molecule has 1 aliphatic carbocycles. The van der Waals surface area contributed by atoms with Crippen molar-refractivity contribution in [3.05, 3.63) is 51.2 Å². The molecule has 1 amide bonds. The van der Waals surface area contributed by atoms with E-state index < -0.39 is 17.2 Å². The Balaban J connectivity index is 1.84. The van der Waals surface area contributed by atoms with E-state index in [-0.39, 0.29) is 11.7 Å². The van der Waals surface area contributed by atoms with Gasteiger partial charge in [0.15, 0.2) is 5.82 Å². The highest BCUT2D eigenvalue weighted by molar-refractivity contribution is 14.1. The van der Waals surface area contributed by atoms with Gasteiger partial charge in [-0.25, -0.2) is 0 Å². The summed E-state index contributed by atoms with van der Waals surface area (Å²) in [4.78, 5) is 12.5. The molecule has 0 spiro atoms. The molecular formula is C15H11F3IN3O. The van der Waals surface area contributed by atoms with Gasteiger partial charge in [-0.1, -0.05) is 18.2 Å². The molecular weight excluding hydrogens is 422 g/mol. The van der Waals surface area contributed by atoms with E-state index in [1.165, 1.54) is 6.07 Å². The molecule has 4 nitrogen and oxygen atoms in total. The number of rotatable bonds is 3. The molecule has 3 rings (SSSR count). The lowest BCUT2D eigenvalue weighted by molar-refractivity contribution is -0.137. The minimum atomic E-state index is -4.43. The molecule has 8 heteroatoms. The predicted octanol–water partition coefficient (Wildman–Crippen LogP) is 3.77. The maximum Gasteiger partial charge on any atom is 0.416 e. The topological polar surface area (TPSA) is 54.9 Å². The number of benzene rings is 1. The number of nitrogens with one attached hydrogen (secondary N) is 1. The Morgan fingerprint density at radius 2 is 1.91 bits per heavy atom. The first kappa shape index (κ1) is 16.2. The molecule has 1 heterocycles. The van der Waals surface area contributed by atoms with Crippen molar-refractivity contribution < 1.29 is 18.0 Å². The Morgan fingerprint density at radius 3 is 2.48 bits per heavy atom. The number of aromatic nitrogens is 2. The van der Waals surface area contributed by atoms with Gasteiger partial charge in [0, 0.05) is 0 Å². The molecule has 23 heavy (non-hydrogen) atoms. The average Bonchev–Trinajstić information content (AvgIpc) is 3.31. The van der Waals surface area contributed by atoms with Crippen LogP contribution in [0.1, 0.15) is 24.0 Å². The molecule has 0 bridgehead atoms. The fourth-order valence-corrected chi connectivity index (χ4v) is 2.67. The van der Waals surface area contributed by atoms with Crippen LogP contribution in [-0.4, -0.2) is 16.1 Å². The zero-order valence-corrected chi connectivity index (χ0v) is 13.9. The van der Waals surface area contributed by atoms with Crippen molar-refractivity contribution in [1.29, 1.82) is 0 Å². The lowest BCUT2D eigenvalue weighted by atomic mass is 9.93. The van der Waals surface area contributed by atoms with E-state index in [9.17, 15) is 18.0 Å². The first-order valence-electron chi connectivity index (χ1n) is 6.80. The molecule has 1 saturated carbocycles. The highest BCUT2D eigenvalue weighted by Crippen LogP contribution is 2.49. The van der Waals surface area contributed by atoms with Gasteiger partial charge in [0.25, 0.3) is 0 Å². The van der Waals surface area contributed by atoms with Crippen LogP contribution in [0.3, 0.4) is 0 Å². The summed E-state index contributed by atoms with van der Waals surface area (Å²) < 4.78 is 39.2. The molecule has 0 aliphatic heterocycles. The van der Waals surface area contributed by atoms with Crippen molar-refractivity contribution in [1.82, 2.24) is 10.2 Å². The first-order valence-corrected chi connectivity index (χ1v) is 7.88. The van der Waals surface area contributed by atoms with Crippen molar-refractivity contribution in [2.45, 2.75) is 24.4 Å². The van der Waals surface area contributed by atoms with Gasteiger partial charge < -0.3 is 5.32 Å². The van der Waals surface area contributed by atoms with E-state index in [0.717, 1.165) is 12.1 Å². The lowest BCUT2D eigenvalue weighted by Gasteiger charge is -2.17. The summed E-state index contributed by atoms with van der Waals surface area (Å²) in [7, 11) is 0. The van der Waals surface area contributed by atoms with Crippen LogP contribution in [0.15, 0.2) is 36.4 Å². The number of hydrogen-bond donors (Lipinski definition) is 1. The minimum Gasteiger partial charge on any atom is -0.308 e. The van der Waals surface area contributed by atoms with Gasteiger partial charge >= 0.3 is 6.18 Å². The smallest absolute Gasteiger partial charge is 0.308 e. The molecule has 1 aliphatic rings. The average molecular weight is 433 g/mol. The third kappa shape index (κ3) is 3.31. The summed E-state index contributed by atoms with van der Waals surface area (Å²) in [6.45, 7) is 0. The summed E-state index contributed by atoms with van der Waals surface area (Å²) in [5, 5.41) is 10.3. The fraction of sp³-hybridized carbons (Fsp3) is 0.267. The zero-order valence-electron chi connectivity index (χ0n) is 11.7. The number of alkyl halides is 3. The van der Waals surface area contributed by atoms with Gasteiger partial charge in [0.2, 0.25) is 5.91 Å². The monoisotopic (exact) mass is 433 g/mol. The van der Waals surface area contributed by atoms with Crippen LogP contribution in [0.2, 0.25) is 0 Å². The number of anilines is 1. The second kappa shape index (κ2) is 5.73. The molecule has 1 aromatic carbocycles. The quantitative estimate of drug-likeness (QED) is 0.751. The molecule has 1 aromatic heterocycles. The second-order valence-electron chi connectivity index (χ2n) is 5.36. The molecule has 120 valence electrons. The number of carbonyl (C=O) groups is 1. The van der Waals surface area contributed by atoms with Crippen molar-refractivity contribution >= 4 is 34.3 Å². The van der Waals surface area contributed by atoms with Crippen LogP contribution < -0.4 is 5.32 Å². The summed E-state index contributed by atoms with van der Waals surface area (Å²) in [6, 6.07) is 8.23. The van der Waals surface area contributed by atoms with Gasteiger partial charge in [-0.05, 0) is 59.2 Å². The maximum atomic E-state index is 12.8. The van der Waals surface area contributed by atoms with Crippen molar-refractivity contribution in [2.75, 3.05) is 5.32 Å². The first-order chi connectivity index (χ1) is 10.8. The van der Waals surface area contributed by atoms with Crippen LogP contribution in [0.25, 0.3) is 0 Å². The molecule has 1 fully saturated rings. The van der Waals surface area contributed by atoms with E-state index >= 15 is 0 Å². The van der Waals surface area contributed by atoms with Crippen molar-refractivity contribution in [2.24, 2.45) is 0 Å². The van der Waals surface area contributed by atoms with Gasteiger partial charge in [0.1, 0.15) is 3.70 Å². The molecule has 0 atom stereocenters. The predicted molar refractivity (Wildman–Crippen MR) is 85.7 cm³/mol.